The number of Topliss-reactive ketones (excluding diaryl/α,β-unsaturated/α-hetero) is 1. The second-order valence-electron chi connectivity index (χ2n) is 6.42. The topological polar surface area (TPSA) is 56.0 Å². The summed E-state index contributed by atoms with van der Waals surface area (Å²) in [6.45, 7) is 4.41. The molecule has 2 aliphatic carbocycles. The summed E-state index contributed by atoms with van der Waals surface area (Å²) in [6.07, 6.45) is 5.88. The van der Waals surface area contributed by atoms with Gasteiger partial charge in [-0.3, -0.25) is 4.79 Å². The zero-order valence-corrected chi connectivity index (χ0v) is 11.1. The van der Waals surface area contributed by atoms with E-state index >= 15 is 0 Å². The van der Waals surface area contributed by atoms with Gasteiger partial charge in [0.15, 0.2) is 5.82 Å². The molecule has 0 amide bonds. The Morgan fingerprint density at radius 2 is 2.06 bits per heavy atom. The average Bonchev–Trinajstić information content (AvgIpc) is 2.82. The van der Waals surface area contributed by atoms with E-state index in [-0.39, 0.29) is 11.7 Å². The molecule has 1 aromatic heterocycles. The maximum atomic E-state index is 12.0. The van der Waals surface area contributed by atoms with Crippen LogP contribution in [-0.4, -0.2) is 15.9 Å². The third kappa shape index (κ3) is 2.20. The molecule has 2 fully saturated rings. The summed E-state index contributed by atoms with van der Waals surface area (Å²) in [7, 11) is 0. The molecule has 0 radical (unpaired) electrons. The number of ketones is 1. The van der Waals surface area contributed by atoms with Crippen molar-refractivity contribution in [3.63, 3.8) is 0 Å². The van der Waals surface area contributed by atoms with Gasteiger partial charge in [0.25, 0.3) is 0 Å². The Hall–Kier alpha value is -1.19. The highest BCUT2D eigenvalue weighted by molar-refractivity contribution is 5.82. The lowest BCUT2D eigenvalue weighted by molar-refractivity contribution is -0.122. The Bertz CT molecular complexity index is 458. The molecule has 0 aliphatic heterocycles. The van der Waals surface area contributed by atoms with Crippen molar-refractivity contribution in [3.05, 3.63) is 11.7 Å². The smallest absolute Gasteiger partial charge is 0.234 e. The molecule has 0 N–H and O–H groups in total. The van der Waals surface area contributed by atoms with Crippen LogP contribution in [0.2, 0.25) is 0 Å². The van der Waals surface area contributed by atoms with Gasteiger partial charge in [0.1, 0.15) is 5.78 Å². The normalized spacial score (nSPS) is 26.4. The van der Waals surface area contributed by atoms with Gasteiger partial charge < -0.3 is 4.52 Å². The van der Waals surface area contributed by atoms with Crippen molar-refractivity contribution in [1.29, 1.82) is 0 Å². The van der Waals surface area contributed by atoms with E-state index < -0.39 is 0 Å². The standard InChI is InChI=1S/C14H20N2O2/c1-14(2)8-10(14)13-15-12(18-16-13)7-11(17)9-5-3-4-6-9/h9-10H,3-8H2,1-2H3. The van der Waals surface area contributed by atoms with Crippen LogP contribution in [0.5, 0.6) is 0 Å². The molecule has 2 saturated carbocycles. The van der Waals surface area contributed by atoms with E-state index in [0.29, 0.717) is 23.6 Å². The van der Waals surface area contributed by atoms with E-state index in [1.54, 1.807) is 0 Å². The second kappa shape index (κ2) is 4.18. The van der Waals surface area contributed by atoms with Crippen LogP contribution in [0.1, 0.15) is 63.6 Å². The predicted octanol–water partition coefficient (Wildman–Crippen LogP) is 2.88. The molecule has 0 bridgehead atoms. The number of aromatic nitrogens is 2. The first-order valence-corrected chi connectivity index (χ1v) is 6.91. The maximum absolute atomic E-state index is 12.0. The first kappa shape index (κ1) is 11.9. The van der Waals surface area contributed by atoms with Gasteiger partial charge in [-0.25, -0.2) is 0 Å². The van der Waals surface area contributed by atoms with E-state index in [2.05, 4.69) is 24.0 Å². The molecule has 3 rings (SSSR count). The highest BCUT2D eigenvalue weighted by Crippen LogP contribution is 2.57. The van der Waals surface area contributed by atoms with Gasteiger partial charge in [-0.1, -0.05) is 31.8 Å². The Kier molecular flexibility index (Phi) is 2.76. The van der Waals surface area contributed by atoms with Gasteiger partial charge in [0.05, 0.1) is 6.42 Å². The molecular weight excluding hydrogens is 228 g/mol. The van der Waals surface area contributed by atoms with Crippen molar-refractivity contribution >= 4 is 5.78 Å². The number of carbonyl (C=O) groups is 1. The first-order chi connectivity index (χ1) is 8.56. The van der Waals surface area contributed by atoms with Crippen LogP contribution < -0.4 is 0 Å². The minimum Gasteiger partial charge on any atom is -0.339 e. The summed E-state index contributed by atoms with van der Waals surface area (Å²) in [6, 6.07) is 0. The Labute approximate surface area is 107 Å². The SMILES string of the molecule is CC1(C)CC1c1noc(CC(=O)C2CCCC2)n1. The molecule has 18 heavy (non-hydrogen) atoms. The molecule has 4 nitrogen and oxygen atoms in total. The van der Waals surface area contributed by atoms with E-state index in [9.17, 15) is 4.79 Å². The number of nitrogens with zero attached hydrogens (tertiary/aromatic N) is 2. The third-order valence-corrected chi connectivity index (χ3v) is 4.44. The van der Waals surface area contributed by atoms with E-state index in [4.69, 9.17) is 4.52 Å². The van der Waals surface area contributed by atoms with Crippen molar-refractivity contribution in [3.8, 4) is 0 Å². The highest BCUT2D eigenvalue weighted by Gasteiger charge is 2.49. The lowest BCUT2D eigenvalue weighted by Crippen LogP contribution is -2.13. The van der Waals surface area contributed by atoms with Crippen molar-refractivity contribution in [2.45, 2.75) is 58.3 Å². The van der Waals surface area contributed by atoms with Crippen LogP contribution in [0.3, 0.4) is 0 Å². The Morgan fingerprint density at radius 1 is 1.39 bits per heavy atom. The zero-order chi connectivity index (χ0) is 12.8. The second-order valence-corrected chi connectivity index (χ2v) is 6.42. The molecule has 4 heteroatoms. The number of hydrogen-bond donors (Lipinski definition) is 0. The quantitative estimate of drug-likeness (QED) is 0.822. The Balaban J connectivity index is 1.62. The maximum Gasteiger partial charge on any atom is 0.234 e. The summed E-state index contributed by atoms with van der Waals surface area (Å²) >= 11 is 0. The molecule has 0 saturated heterocycles. The Morgan fingerprint density at radius 3 is 2.67 bits per heavy atom. The van der Waals surface area contributed by atoms with Crippen LogP contribution in [-0.2, 0) is 11.2 Å². The van der Waals surface area contributed by atoms with Crippen LogP contribution in [0.15, 0.2) is 4.52 Å². The van der Waals surface area contributed by atoms with Crippen LogP contribution >= 0.6 is 0 Å². The monoisotopic (exact) mass is 248 g/mol. The lowest BCUT2D eigenvalue weighted by Gasteiger charge is -2.04. The predicted molar refractivity (Wildman–Crippen MR) is 66.1 cm³/mol. The summed E-state index contributed by atoms with van der Waals surface area (Å²) < 4.78 is 5.21. The summed E-state index contributed by atoms with van der Waals surface area (Å²) in [5.41, 5.74) is 0.302. The molecule has 0 spiro atoms. The molecule has 0 aromatic carbocycles. The molecular formula is C14H20N2O2. The highest BCUT2D eigenvalue weighted by atomic mass is 16.5. The van der Waals surface area contributed by atoms with Gasteiger partial charge >= 0.3 is 0 Å². The van der Waals surface area contributed by atoms with Crippen LogP contribution in [0, 0.1) is 11.3 Å². The van der Waals surface area contributed by atoms with Crippen molar-refractivity contribution < 1.29 is 9.32 Å². The average molecular weight is 248 g/mol. The summed E-state index contributed by atoms with van der Waals surface area (Å²) in [5.74, 6) is 2.21. The van der Waals surface area contributed by atoms with Gasteiger partial charge in [-0.15, -0.1) is 0 Å². The van der Waals surface area contributed by atoms with Gasteiger partial charge in [-0.2, -0.15) is 4.98 Å². The van der Waals surface area contributed by atoms with E-state index in [1.807, 2.05) is 0 Å². The van der Waals surface area contributed by atoms with Crippen molar-refractivity contribution in [2.75, 3.05) is 0 Å². The molecule has 98 valence electrons. The van der Waals surface area contributed by atoms with Gasteiger partial charge in [0.2, 0.25) is 5.89 Å². The number of hydrogen-bond acceptors (Lipinski definition) is 4. The molecule has 1 atom stereocenters. The van der Waals surface area contributed by atoms with Gasteiger partial charge in [0, 0.05) is 11.8 Å². The summed E-state index contributed by atoms with van der Waals surface area (Å²) in [4.78, 5) is 16.4. The van der Waals surface area contributed by atoms with Crippen LogP contribution in [0.4, 0.5) is 0 Å². The summed E-state index contributed by atoms with van der Waals surface area (Å²) in [5, 5.41) is 4.02. The van der Waals surface area contributed by atoms with Crippen molar-refractivity contribution in [1.82, 2.24) is 10.1 Å². The fourth-order valence-electron chi connectivity index (χ4n) is 2.93. The molecule has 1 unspecified atom stereocenters. The zero-order valence-electron chi connectivity index (χ0n) is 11.1. The molecule has 1 aromatic rings. The van der Waals surface area contributed by atoms with Crippen molar-refractivity contribution in [2.24, 2.45) is 11.3 Å². The molecule has 1 heterocycles. The van der Waals surface area contributed by atoms with E-state index in [1.165, 1.54) is 12.8 Å². The van der Waals surface area contributed by atoms with Gasteiger partial charge in [-0.05, 0) is 24.7 Å². The largest absolute Gasteiger partial charge is 0.339 e. The fourth-order valence-corrected chi connectivity index (χ4v) is 2.93. The first-order valence-electron chi connectivity index (χ1n) is 6.91. The number of carbonyl (C=O) groups excluding carboxylic acids is 1. The van der Waals surface area contributed by atoms with Crippen LogP contribution in [0.25, 0.3) is 0 Å². The number of rotatable bonds is 4. The minimum absolute atomic E-state index is 0.234. The molecule has 2 aliphatic rings. The lowest BCUT2D eigenvalue weighted by atomic mass is 10.0. The third-order valence-electron chi connectivity index (χ3n) is 4.44. The van der Waals surface area contributed by atoms with E-state index in [0.717, 1.165) is 25.1 Å². The fraction of sp³-hybridized carbons (Fsp3) is 0.786. The minimum atomic E-state index is 0.234.